The number of benzene rings is 1. The first-order valence-electron chi connectivity index (χ1n) is 7.02. The molecule has 2 N–H and O–H groups in total. The number of carbonyl (C=O) groups is 1. The van der Waals surface area contributed by atoms with E-state index >= 15 is 0 Å². The number of allylic oxidation sites excluding steroid dienone is 3. The Bertz CT molecular complexity index is 689. The molecule has 1 aromatic rings. The quantitative estimate of drug-likeness (QED) is 0.835. The normalized spacial score (nSPS) is 21.7. The van der Waals surface area contributed by atoms with Crippen LogP contribution in [0.2, 0.25) is 0 Å². The highest BCUT2D eigenvalue weighted by Crippen LogP contribution is 2.33. The first-order valence-corrected chi connectivity index (χ1v) is 7.02. The molecule has 1 aliphatic heterocycles. The molecule has 6 heteroatoms. The Kier molecular flexibility index (Phi) is 3.47. The van der Waals surface area contributed by atoms with Crippen LogP contribution in [0.4, 0.5) is 13.2 Å². The second-order valence-corrected chi connectivity index (χ2v) is 5.72. The van der Waals surface area contributed by atoms with Gasteiger partial charge in [-0.25, -0.2) is 0 Å². The number of carbonyl (C=O) groups excluding carboxylic acids is 1. The standard InChI is InChI=1S/C16H15F3N2O/c1-9-5-14-12(15(22)6-9)8-13(20-21-14)10-3-2-4-11(7-10)16(17,18)19/h2-4,7-9,20-21H,5-6H2,1H3. The third-order valence-electron chi connectivity index (χ3n) is 3.85. The Hall–Kier alpha value is -2.24. The van der Waals surface area contributed by atoms with E-state index in [0.29, 0.717) is 23.3 Å². The van der Waals surface area contributed by atoms with Gasteiger partial charge in [-0.1, -0.05) is 19.1 Å². The highest BCUT2D eigenvalue weighted by molar-refractivity contribution is 6.01. The Morgan fingerprint density at radius 1 is 1.18 bits per heavy atom. The van der Waals surface area contributed by atoms with Crippen molar-refractivity contribution < 1.29 is 18.0 Å². The lowest BCUT2D eigenvalue weighted by Crippen LogP contribution is -2.37. The van der Waals surface area contributed by atoms with Crippen LogP contribution in [0.3, 0.4) is 0 Å². The summed E-state index contributed by atoms with van der Waals surface area (Å²) in [5.74, 6) is 0.288. The summed E-state index contributed by atoms with van der Waals surface area (Å²) in [7, 11) is 0. The van der Waals surface area contributed by atoms with Gasteiger partial charge in [0, 0.05) is 23.3 Å². The van der Waals surface area contributed by atoms with Crippen LogP contribution in [0.1, 0.15) is 30.9 Å². The molecule has 0 aromatic heterocycles. The number of hydrazine groups is 1. The zero-order valence-electron chi connectivity index (χ0n) is 11.9. The number of nitrogens with one attached hydrogen (secondary N) is 2. The Morgan fingerprint density at radius 3 is 2.68 bits per heavy atom. The molecule has 0 saturated heterocycles. The highest BCUT2D eigenvalue weighted by atomic mass is 19.4. The number of alkyl halides is 3. The zero-order chi connectivity index (χ0) is 15.9. The smallest absolute Gasteiger partial charge is 0.304 e. The van der Waals surface area contributed by atoms with Crippen LogP contribution in [0.25, 0.3) is 5.70 Å². The number of halogens is 3. The number of rotatable bonds is 1. The van der Waals surface area contributed by atoms with Gasteiger partial charge in [0.15, 0.2) is 5.78 Å². The molecule has 3 nitrogen and oxygen atoms in total. The van der Waals surface area contributed by atoms with E-state index in [9.17, 15) is 18.0 Å². The predicted molar refractivity (Wildman–Crippen MR) is 76.1 cm³/mol. The average molecular weight is 308 g/mol. The van der Waals surface area contributed by atoms with Crippen LogP contribution in [-0.4, -0.2) is 5.78 Å². The molecule has 22 heavy (non-hydrogen) atoms. The van der Waals surface area contributed by atoms with Crippen molar-refractivity contribution in [3.05, 3.63) is 52.7 Å². The lowest BCUT2D eigenvalue weighted by molar-refractivity contribution is -0.137. The number of hydrogen-bond donors (Lipinski definition) is 2. The number of hydrogen-bond acceptors (Lipinski definition) is 3. The summed E-state index contributed by atoms with van der Waals surface area (Å²) in [4.78, 5) is 12.1. The maximum atomic E-state index is 12.8. The molecule has 1 unspecified atom stereocenters. The summed E-state index contributed by atoms with van der Waals surface area (Å²) in [5.41, 5.74) is 7.34. The molecule has 1 heterocycles. The molecular weight excluding hydrogens is 293 g/mol. The van der Waals surface area contributed by atoms with Crippen molar-refractivity contribution in [1.29, 1.82) is 0 Å². The molecule has 116 valence electrons. The van der Waals surface area contributed by atoms with Crippen molar-refractivity contribution in [1.82, 2.24) is 10.9 Å². The molecule has 0 saturated carbocycles. The van der Waals surface area contributed by atoms with Crippen molar-refractivity contribution in [2.45, 2.75) is 25.9 Å². The first kappa shape index (κ1) is 14.7. The summed E-state index contributed by atoms with van der Waals surface area (Å²) < 4.78 is 38.4. The molecular formula is C16H15F3N2O. The summed E-state index contributed by atoms with van der Waals surface area (Å²) >= 11 is 0. The second-order valence-electron chi connectivity index (χ2n) is 5.72. The molecule has 1 aromatic carbocycles. The van der Waals surface area contributed by atoms with Gasteiger partial charge in [0.25, 0.3) is 0 Å². The lowest BCUT2D eigenvalue weighted by Gasteiger charge is -2.29. The molecule has 0 radical (unpaired) electrons. The van der Waals surface area contributed by atoms with Crippen LogP contribution in [0, 0.1) is 5.92 Å². The predicted octanol–water partition coefficient (Wildman–Crippen LogP) is 3.41. The molecule has 3 rings (SSSR count). The van der Waals surface area contributed by atoms with Gasteiger partial charge in [-0.3, -0.25) is 4.79 Å². The van der Waals surface area contributed by atoms with Crippen LogP contribution in [-0.2, 0) is 11.0 Å². The number of ketones is 1. The second kappa shape index (κ2) is 5.19. The van der Waals surface area contributed by atoms with Gasteiger partial charge in [0.1, 0.15) is 0 Å². The minimum atomic E-state index is -4.39. The van der Waals surface area contributed by atoms with E-state index in [2.05, 4.69) is 10.9 Å². The topological polar surface area (TPSA) is 41.1 Å². The van der Waals surface area contributed by atoms with Crippen molar-refractivity contribution in [2.24, 2.45) is 5.92 Å². The van der Waals surface area contributed by atoms with Gasteiger partial charge in [-0.2, -0.15) is 13.2 Å². The SMILES string of the molecule is CC1CC(=O)C2=C(C1)NNC(c1cccc(C(F)(F)F)c1)=C2. The van der Waals surface area contributed by atoms with Crippen LogP contribution < -0.4 is 10.9 Å². The van der Waals surface area contributed by atoms with Crippen molar-refractivity contribution >= 4 is 11.5 Å². The Morgan fingerprint density at radius 2 is 1.95 bits per heavy atom. The van der Waals surface area contributed by atoms with E-state index < -0.39 is 11.7 Å². The van der Waals surface area contributed by atoms with Crippen molar-refractivity contribution in [3.63, 3.8) is 0 Å². The highest BCUT2D eigenvalue weighted by Gasteiger charge is 2.31. The van der Waals surface area contributed by atoms with Crippen LogP contribution in [0.5, 0.6) is 0 Å². The summed E-state index contributed by atoms with van der Waals surface area (Å²) in [6, 6.07) is 5.03. The minimum absolute atomic E-state index is 0.0206. The largest absolute Gasteiger partial charge is 0.416 e. The molecule has 0 amide bonds. The fourth-order valence-electron chi connectivity index (χ4n) is 2.75. The van der Waals surface area contributed by atoms with Gasteiger partial charge < -0.3 is 10.9 Å². The average Bonchev–Trinajstić information content (AvgIpc) is 2.46. The van der Waals surface area contributed by atoms with Crippen LogP contribution >= 0.6 is 0 Å². The van der Waals surface area contributed by atoms with E-state index in [1.165, 1.54) is 6.07 Å². The fraction of sp³-hybridized carbons (Fsp3) is 0.312. The summed E-state index contributed by atoms with van der Waals surface area (Å²) in [6.07, 6.45) is -1.54. The van der Waals surface area contributed by atoms with Crippen LogP contribution in [0.15, 0.2) is 41.6 Å². The lowest BCUT2D eigenvalue weighted by atomic mass is 9.86. The van der Waals surface area contributed by atoms with E-state index in [0.717, 1.165) is 24.3 Å². The third kappa shape index (κ3) is 2.73. The zero-order valence-corrected chi connectivity index (χ0v) is 11.9. The van der Waals surface area contributed by atoms with Gasteiger partial charge in [-0.15, -0.1) is 0 Å². The third-order valence-corrected chi connectivity index (χ3v) is 3.85. The monoisotopic (exact) mass is 308 g/mol. The number of Topliss-reactive ketones (excluding diaryl/α,β-unsaturated/α-hetero) is 1. The molecule has 1 aliphatic carbocycles. The molecule has 0 fully saturated rings. The molecule has 0 bridgehead atoms. The first-order chi connectivity index (χ1) is 10.3. The maximum Gasteiger partial charge on any atom is 0.416 e. The molecule has 2 aliphatic rings. The van der Waals surface area contributed by atoms with E-state index in [1.54, 1.807) is 12.1 Å². The van der Waals surface area contributed by atoms with E-state index in [1.807, 2.05) is 6.92 Å². The van der Waals surface area contributed by atoms with E-state index in [-0.39, 0.29) is 11.7 Å². The molecule has 0 spiro atoms. The summed E-state index contributed by atoms with van der Waals surface area (Å²) in [5, 5.41) is 0. The Labute approximate surface area is 125 Å². The molecule has 1 atom stereocenters. The van der Waals surface area contributed by atoms with Gasteiger partial charge in [0.05, 0.1) is 11.3 Å². The van der Waals surface area contributed by atoms with Gasteiger partial charge in [-0.05, 0) is 30.5 Å². The summed E-state index contributed by atoms with van der Waals surface area (Å²) in [6.45, 7) is 2.00. The fourth-order valence-corrected chi connectivity index (χ4v) is 2.75. The van der Waals surface area contributed by atoms with Gasteiger partial charge in [0.2, 0.25) is 0 Å². The van der Waals surface area contributed by atoms with Crippen molar-refractivity contribution in [2.75, 3.05) is 0 Å². The van der Waals surface area contributed by atoms with Crippen molar-refractivity contribution in [3.8, 4) is 0 Å². The van der Waals surface area contributed by atoms with E-state index in [4.69, 9.17) is 0 Å². The maximum absolute atomic E-state index is 12.8. The minimum Gasteiger partial charge on any atom is -0.304 e. The van der Waals surface area contributed by atoms with Gasteiger partial charge >= 0.3 is 6.18 Å². The Balaban J connectivity index is 1.97.